The molecular formula is C10H8F4O2. The van der Waals surface area contributed by atoms with E-state index in [4.69, 9.17) is 5.11 Å². The molecule has 0 spiro atoms. The van der Waals surface area contributed by atoms with Crippen molar-refractivity contribution in [2.24, 2.45) is 0 Å². The molecule has 6 heteroatoms. The molecule has 0 aliphatic carbocycles. The van der Waals surface area contributed by atoms with E-state index in [-0.39, 0.29) is 5.56 Å². The van der Waals surface area contributed by atoms with E-state index in [9.17, 15) is 22.4 Å². The zero-order chi connectivity index (χ0) is 12.5. The molecular weight excluding hydrogens is 228 g/mol. The van der Waals surface area contributed by atoms with Crippen LogP contribution in [0.4, 0.5) is 17.6 Å². The molecule has 0 bridgehead atoms. The Hall–Kier alpha value is -1.59. The monoisotopic (exact) mass is 236 g/mol. The third-order valence-electron chi connectivity index (χ3n) is 2.02. The Morgan fingerprint density at radius 3 is 2.44 bits per heavy atom. The van der Waals surface area contributed by atoms with Gasteiger partial charge in [0.1, 0.15) is 18.1 Å². The van der Waals surface area contributed by atoms with Crippen LogP contribution in [-0.4, -0.2) is 11.1 Å². The first-order valence-electron chi connectivity index (χ1n) is 4.30. The third kappa shape index (κ3) is 2.32. The van der Waals surface area contributed by atoms with Crippen LogP contribution in [-0.2, 0) is 10.7 Å². The van der Waals surface area contributed by atoms with E-state index in [1.807, 2.05) is 0 Å². The van der Waals surface area contributed by atoms with Crippen molar-refractivity contribution in [3.63, 3.8) is 0 Å². The van der Waals surface area contributed by atoms with Gasteiger partial charge < -0.3 is 5.11 Å². The summed E-state index contributed by atoms with van der Waals surface area (Å²) in [5.74, 6) is -8.75. The van der Waals surface area contributed by atoms with Crippen molar-refractivity contribution in [2.75, 3.05) is 0 Å². The first-order chi connectivity index (χ1) is 7.25. The normalized spacial score (nSPS) is 11.6. The van der Waals surface area contributed by atoms with Crippen LogP contribution in [0.1, 0.15) is 17.5 Å². The number of benzene rings is 1. The standard InChI is InChI=1S/C10H8F4O2/c1-5-2-3-6(11)8(9(5)12)10(13,14)4-7(15)16/h2-3H,4H2,1H3,(H,15,16). The zero-order valence-corrected chi connectivity index (χ0v) is 8.23. The van der Waals surface area contributed by atoms with E-state index >= 15 is 0 Å². The number of rotatable bonds is 3. The van der Waals surface area contributed by atoms with Gasteiger partial charge in [-0.3, -0.25) is 4.79 Å². The van der Waals surface area contributed by atoms with Crippen molar-refractivity contribution in [1.29, 1.82) is 0 Å². The van der Waals surface area contributed by atoms with Gasteiger partial charge in [-0.15, -0.1) is 0 Å². The molecule has 0 unspecified atom stereocenters. The van der Waals surface area contributed by atoms with E-state index in [0.717, 1.165) is 6.07 Å². The van der Waals surface area contributed by atoms with Crippen molar-refractivity contribution in [3.8, 4) is 0 Å². The number of aliphatic carboxylic acids is 1. The molecule has 0 saturated heterocycles. The lowest BCUT2D eigenvalue weighted by molar-refractivity contribution is -0.145. The summed E-state index contributed by atoms with van der Waals surface area (Å²) in [6, 6.07) is 1.69. The van der Waals surface area contributed by atoms with Crippen LogP contribution in [0.25, 0.3) is 0 Å². The predicted octanol–water partition coefficient (Wildman–Crippen LogP) is 2.84. The van der Waals surface area contributed by atoms with E-state index < -0.39 is 35.5 Å². The molecule has 88 valence electrons. The molecule has 0 saturated carbocycles. The average molecular weight is 236 g/mol. The Balaban J connectivity index is 3.31. The van der Waals surface area contributed by atoms with Crippen molar-refractivity contribution in [3.05, 3.63) is 34.9 Å². The number of aryl methyl sites for hydroxylation is 1. The first-order valence-corrected chi connectivity index (χ1v) is 4.30. The van der Waals surface area contributed by atoms with Crippen molar-refractivity contribution < 1.29 is 27.5 Å². The van der Waals surface area contributed by atoms with Gasteiger partial charge in [-0.2, -0.15) is 0 Å². The highest BCUT2D eigenvalue weighted by Crippen LogP contribution is 2.36. The van der Waals surface area contributed by atoms with Crippen LogP contribution in [0.15, 0.2) is 12.1 Å². The summed E-state index contributed by atoms with van der Waals surface area (Å²) in [4.78, 5) is 10.2. The maximum atomic E-state index is 13.3. The number of hydrogen-bond acceptors (Lipinski definition) is 1. The first kappa shape index (κ1) is 12.5. The molecule has 0 aromatic heterocycles. The summed E-state index contributed by atoms with van der Waals surface area (Å²) < 4.78 is 52.9. The van der Waals surface area contributed by atoms with Gasteiger partial charge in [-0.25, -0.2) is 17.6 Å². The Bertz CT molecular complexity index is 429. The summed E-state index contributed by atoms with van der Waals surface area (Å²) >= 11 is 0. The van der Waals surface area contributed by atoms with Crippen molar-refractivity contribution >= 4 is 5.97 Å². The van der Waals surface area contributed by atoms with Gasteiger partial charge in [0.25, 0.3) is 5.92 Å². The maximum absolute atomic E-state index is 13.3. The highest BCUT2D eigenvalue weighted by atomic mass is 19.3. The topological polar surface area (TPSA) is 37.3 Å². The van der Waals surface area contributed by atoms with E-state index in [0.29, 0.717) is 6.07 Å². The fourth-order valence-corrected chi connectivity index (χ4v) is 1.27. The van der Waals surface area contributed by atoms with Gasteiger partial charge in [-0.05, 0) is 18.6 Å². The largest absolute Gasteiger partial charge is 0.481 e. The number of alkyl halides is 2. The lowest BCUT2D eigenvalue weighted by Gasteiger charge is -2.16. The summed E-state index contributed by atoms with van der Waals surface area (Å²) in [5, 5.41) is 8.24. The van der Waals surface area contributed by atoms with Crippen LogP contribution >= 0.6 is 0 Å². The van der Waals surface area contributed by atoms with Crippen LogP contribution in [0, 0.1) is 18.6 Å². The van der Waals surface area contributed by atoms with Gasteiger partial charge in [0.2, 0.25) is 0 Å². The number of carboxylic acids is 1. The molecule has 1 aromatic carbocycles. The van der Waals surface area contributed by atoms with Gasteiger partial charge in [0.05, 0.1) is 5.56 Å². The van der Waals surface area contributed by atoms with Crippen molar-refractivity contribution in [2.45, 2.75) is 19.3 Å². The van der Waals surface area contributed by atoms with Gasteiger partial charge in [0, 0.05) is 0 Å². The van der Waals surface area contributed by atoms with Crippen LogP contribution in [0.2, 0.25) is 0 Å². The molecule has 2 nitrogen and oxygen atoms in total. The highest BCUT2D eigenvalue weighted by Gasteiger charge is 2.40. The Morgan fingerprint density at radius 2 is 1.94 bits per heavy atom. The molecule has 16 heavy (non-hydrogen) atoms. The Kier molecular flexibility index (Phi) is 3.21. The second-order valence-electron chi connectivity index (χ2n) is 3.33. The lowest BCUT2D eigenvalue weighted by atomic mass is 10.0. The lowest BCUT2D eigenvalue weighted by Crippen LogP contribution is -2.22. The summed E-state index contributed by atoms with van der Waals surface area (Å²) in [7, 11) is 0. The Morgan fingerprint density at radius 1 is 1.38 bits per heavy atom. The summed E-state index contributed by atoms with van der Waals surface area (Å²) in [6.45, 7) is 1.19. The number of hydrogen-bond donors (Lipinski definition) is 1. The highest BCUT2D eigenvalue weighted by molar-refractivity contribution is 5.68. The number of carbonyl (C=O) groups is 1. The minimum Gasteiger partial charge on any atom is -0.481 e. The van der Waals surface area contributed by atoms with E-state index in [1.165, 1.54) is 6.92 Å². The van der Waals surface area contributed by atoms with Crippen LogP contribution in [0.5, 0.6) is 0 Å². The quantitative estimate of drug-likeness (QED) is 0.819. The van der Waals surface area contributed by atoms with Gasteiger partial charge in [0.15, 0.2) is 0 Å². The minimum atomic E-state index is -4.06. The van der Waals surface area contributed by atoms with E-state index in [1.54, 1.807) is 0 Å². The summed E-state index contributed by atoms with van der Waals surface area (Å²) in [6.07, 6.45) is -1.65. The van der Waals surface area contributed by atoms with Crippen LogP contribution < -0.4 is 0 Å². The maximum Gasteiger partial charge on any atom is 0.309 e. The minimum absolute atomic E-state index is 0.165. The molecule has 1 N–H and O–H groups in total. The van der Waals surface area contributed by atoms with Crippen LogP contribution in [0.3, 0.4) is 0 Å². The molecule has 0 heterocycles. The number of halogens is 4. The Labute approximate surface area is 88.5 Å². The van der Waals surface area contributed by atoms with Gasteiger partial charge in [-0.1, -0.05) is 6.07 Å². The fourth-order valence-electron chi connectivity index (χ4n) is 1.27. The predicted molar refractivity (Wildman–Crippen MR) is 47.2 cm³/mol. The molecule has 1 rings (SSSR count). The molecule has 0 atom stereocenters. The molecule has 0 radical (unpaired) electrons. The number of carboxylic acid groups (broad SMARTS) is 1. The second kappa shape index (κ2) is 4.11. The van der Waals surface area contributed by atoms with E-state index in [2.05, 4.69) is 0 Å². The van der Waals surface area contributed by atoms with Crippen molar-refractivity contribution in [1.82, 2.24) is 0 Å². The molecule has 1 aromatic rings. The molecule has 0 amide bonds. The molecule has 0 aliphatic rings. The average Bonchev–Trinajstić information content (AvgIpc) is 2.09. The molecule has 0 aliphatic heterocycles. The smallest absolute Gasteiger partial charge is 0.309 e. The SMILES string of the molecule is Cc1ccc(F)c(C(F)(F)CC(=O)O)c1F. The third-order valence-corrected chi connectivity index (χ3v) is 2.02. The zero-order valence-electron chi connectivity index (χ0n) is 8.23. The van der Waals surface area contributed by atoms with Gasteiger partial charge >= 0.3 is 5.97 Å². The second-order valence-corrected chi connectivity index (χ2v) is 3.33. The summed E-state index contributed by atoms with van der Waals surface area (Å²) in [5.41, 5.74) is -1.66. The fraction of sp³-hybridized carbons (Fsp3) is 0.300. The molecule has 0 fully saturated rings.